The van der Waals surface area contributed by atoms with Crippen LogP contribution in [0.3, 0.4) is 0 Å². The molecule has 118 valence electrons. The van der Waals surface area contributed by atoms with E-state index in [0.717, 1.165) is 5.56 Å². The van der Waals surface area contributed by atoms with E-state index in [9.17, 15) is 14.4 Å². The van der Waals surface area contributed by atoms with Gasteiger partial charge in [-0.15, -0.1) is 0 Å². The van der Waals surface area contributed by atoms with Crippen LogP contribution in [0.25, 0.3) is 0 Å². The molecular weight excluding hydrogens is 284 g/mol. The van der Waals surface area contributed by atoms with E-state index in [1.54, 1.807) is 0 Å². The third kappa shape index (κ3) is 4.31. The molecule has 0 spiro atoms. The lowest BCUT2D eigenvalue weighted by Crippen LogP contribution is -2.44. The van der Waals surface area contributed by atoms with Crippen molar-refractivity contribution < 1.29 is 19.5 Å². The Labute approximate surface area is 128 Å². The minimum absolute atomic E-state index is 0.146. The Morgan fingerprint density at radius 3 is 2.32 bits per heavy atom. The van der Waals surface area contributed by atoms with Crippen LogP contribution in [0, 0.1) is 11.8 Å². The highest BCUT2D eigenvalue weighted by Gasteiger charge is 2.41. The molecule has 0 heterocycles. The molecule has 1 aromatic carbocycles. The number of amides is 2. The zero-order chi connectivity index (χ0) is 15.9. The van der Waals surface area contributed by atoms with Crippen molar-refractivity contribution in [3.8, 4) is 0 Å². The zero-order valence-electron chi connectivity index (χ0n) is 12.2. The van der Waals surface area contributed by atoms with E-state index >= 15 is 0 Å². The summed E-state index contributed by atoms with van der Waals surface area (Å²) in [5, 5.41) is 14.3. The average Bonchev–Trinajstić information content (AvgIpc) is 2.44. The molecule has 2 unspecified atom stereocenters. The number of hydrogen-bond acceptors (Lipinski definition) is 3. The first-order valence-corrected chi connectivity index (χ1v) is 7.39. The van der Waals surface area contributed by atoms with Crippen molar-refractivity contribution >= 4 is 17.8 Å². The van der Waals surface area contributed by atoms with E-state index in [1.807, 2.05) is 30.3 Å². The molecule has 0 aliphatic heterocycles. The van der Waals surface area contributed by atoms with Gasteiger partial charge in [-0.2, -0.15) is 0 Å². The van der Waals surface area contributed by atoms with E-state index < -0.39 is 17.8 Å². The number of carbonyl (C=O) groups is 3. The first kappa shape index (κ1) is 16.0. The molecule has 6 heteroatoms. The van der Waals surface area contributed by atoms with Gasteiger partial charge in [-0.05, 0) is 18.4 Å². The second kappa shape index (κ2) is 7.59. The zero-order valence-corrected chi connectivity index (χ0v) is 12.2. The fourth-order valence-electron chi connectivity index (χ4n) is 2.42. The van der Waals surface area contributed by atoms with Crippen molar-refractivity contribution in [1.29, 1.82) is 0 Å². The number of hydrogen-bond donors (Lipinski definition) is 3. The van der Waals surface area contributed by atoms with Gasteiger partial charge in [0, 0.05) is 19.5 Å². The van der Waals surface area contributed by atoms with Crippen molar-refractivity contribution in [2.75, 3.05) is 6.54 Å². The van der Waals surface area contributed by atoms with Gasteiger partial charge in [-0.1, -0.05) is 30.3 Å². The topological polar surface area (TPSA) is 95.5 Å². The van der Waals surface area contributed by atoms with Crippen LogP contribution in [0.5, 0.6) is 0 Å². The molecular formula is C16H20N2O4. The molecule has 6 nitrogen and oxygen atoms in total. The number of aliphatic carboxylic acids is 1. The number of benzene rings is 1. The minimum atomic E-state index is -0.924. The quantitative estimate of drug-likeness (QED) is 0.698. The first-order valence-electron chi connectivity index (χ1n) is 7.39. The molecule has 1 saturated carbocycles. The molecule has 2 atom stereocenters. The maximum Gasteiger partial charge on any atom is 0.307 e. The number of carbonyl (C=O) groups excluding carboxylic acids is 2. The monoisotopic (exact) mass is 304 g/mol. The van der Waals surface area contributed by atoms with Crippen molar-refractivity contribution in [2.45, 2.75) is 25.8 Å². The van der Waals surface area contributed by atoms with Crippen molar-refractivity contribution in [1.82, 2.24) is 10.6 Å². The van der Waals surface area contributed by atoms with Crippen LogP contribution < -0.4 is 10.6 Å². The fourth-order valence-corrected chi connectivity index (χ4v) is 2.42. The maximum atomic E-state index is 11.8. The summed E-state index contributed by atoms with van der Waals surface area (Å²) >= 11 is 0. The molecule has 1 aromatic rings. The summed E-state index contributed by atoms with van der Waals surface area (Å²) in [5.74, 6) is -2.37. The summed E-state index contributed by atoms with van der Waals surface area (Å²) in [6.07, 6.45) is 1.33. The van der Waals surface area contributed by atoms with E-state index in [-0.39, 0.29) is 24.8 Å². The maximum absolute atomic E-state index is 11.8. The summed E-state index contributed by atoms with van der Waals surface area (Å²) in [7, 11) is 0. The molecule has 0 saturated heterocycles. The standard InChI is InChI=1S/C16H20N2O4/c19-14(18-10-11-4-2-1-3-5-11)8-9-17-15(20)12-6-7-13(12)16(21)22/h1-5,12-13H,6-10H2,(H,17,20)(H,18,19)(H,21,22). The molecule has 0 radical (unpaired) electrons. The predicted octanol–water partition coefficient (Wildman–Crippen LogP) is 0.920. The predicted molar refractivity (Wildman–Crippen MR) is 79.8 cm³/mol. The first-order chi connectivity index (χ1) is 10.6. The molecule has 22 heavy (non-hydrogen) atoms. The number of carboxylic acids is 1. The number of nitrogens with one attached hydrogen (secondary N) is 2. The Kier molecular flexibility index (Phi) is 5.52. The Hall–Kier alpha value is -2.37. The van der Waals surface area contributed by atoms with Crippen LogP contribution in [-0.4, -0.2) is 29.4 Å². The molecule has 1 aliphatic carbocycles. The lowest BCUT2D eigenvalue weighted by molar-refractivity contribution is -0.152. The van der Waals surface area contributed by atoms with Crippen LogP contribution in [-0.2, 0) is 20.9 Å². The summed E-state index contributed by atoms with van der Waals surface area (Å²) in [6, 6.07) is 9.56. The second-order valence-corrected chi connectivity index (χ2v) is 5.43. The van der Waals surface area contributed by atoms with Crippen molar-refractivity contribution in [2.24, 2.45) is 11.8 Å². The lowest BCUT2D eigenvalue weighted by Gasteiger charge is -2.31. The smallest absolute Gasteiger partial charge is 0.307 e. The summed E-state index contributed by atoms with van der Waals surface area (Å²) in [5.41, 5.74) is 1.01. The molecule has 0 aromatic heterocycles. The van der Waals surface area contributed by atoms with E-state index in [2.05, 4.69) is 10.6 Å². The van der Waals surface area contributed by atoms with Crippen LogP contribution in [0.2, 0.25) is 0 Å². The summed E-state index contributed by atoms with van der Waals surface area (Å²) in [4.78, 5) is 34.3. The van der Waals surface area contributed by atoms with Gasteiger partial charge in [0.2, 0.25) is 11.8 Å². The molecule has 2 rings (SSSR count). The number of rotatable bonds is 7. The van der Waals surface area contributed by atoms with Gasteiger partial charge in [0.15, 0.2) is 0 Å². The van der Waals surface area contributed by atoms with Gasteiger partial charge in [0.05, 0.1) is 11.8 Å². The van der Waals surface area contributed by atoms with E-state index in [0.29, 0.717) is 19.4 Å². The largest absolute Gasteiger partial charge is 0.481 e. The highest BCUT2D eigenvalue weighted by Crippen LogP contribution is 2.34. The number of carboxylic acid groups (broad SMARTS) is 1. The minimum Gasteiger partial charge on any atom is -0.481 e. The molecule has 0 bridgehead atoms. The SMILES string of the molecule is O=C(CCNC(=O)C1CCC1C(=O)O)NCc1ccccc1. The van der Waals surface area contributed by atoms with Crippen LogP contribution in [0.15, 0.2) is 30.3 Å². The third-order valence-electron chi connectivity index (χ3n) is 3.91. The summed E-state index contributed by atoms with van der Waals surface area (Å²) in [6.45, 7) is 0.680. The van der Waals surface area contributed by atoms with E-state index in [4.69, 9.17) is 5.11 Å². The van der Waals surface area contributed by atoms with Crippen molar-refractivity contribution in [3.63, 3.8) is 0 Å². The van der Waals surface area contributed by atoms with Crippen LogP contribution in [0.1, 0.15) is 24.8 Å². The molecule has 1 fully saturated rings. The Bertz CT molecular complexity index is 544. The van der Waals surface area contributed by atoms with Gasteiger partial charge in [-0.25, -0.2) is 0 Å². The normalized spacial score (nSPS) is 19.8. The average molecular weight is 304 g/mol. The van der Waals surface area contributed by atoms with Crippen LogP contribution >= 0.6 is 0 Å². The molecule has 1 aliphatic rings. The van der Waals surface area contributed by atoms with Gasteiger partial charge in [-0.3, -0.25) is 14.4 Å². The fraction of sp³-hybridized carbons (Fsp3) is 0.438. The molecule has 3 N–H and O–H groups in total. The third-order valence-corrected chi connectivity index (χ3v) is 3.91. The highest BCUT2D eigenvalue weighted by atomic mass is 16.4. The lowest BCUT2D eigenvalue weighted by atomic mass is 9.73. The second-order valence-electron chi connectivity index (χ2n) is 5.43. The van der Waals surface area contributed by atoms with Crippen LogP contribution in [0.4, 0.5) is 0 Å². The van der Waals surface area contributed by atoms with E-state index in [1.165, 1.54) is 0 Å². The van der Waals surface area contributed by atoms with Gasteiger partial charge < -0.3 is 15.7 Å². The van der Waals surface area contributed by atoms with Gasteiger partial charge in [0.1, 0.15) is 0 Å². The van der Waals surface area contributed by atoms with Gasteiger partial charge in [0.25, 0.3) is 0 Å². The highest BCUT2D eigenvalue weighted by molar-refractivity contribution is 5.86. The Balaban J connectivity index is 1.63. The molecule has 2 amide bonds. The summed E-state index contributed by atoms with van der Waals surface area (Å²) < 4.78 is 0. The van der Waals surface area contributed by atoms with Gasteiger partial charge >= 0.3 is 5.97 Å². The van der Waals surface area contributed by atoms with Crippen molar-refractivity contribution in [3.05, 3.63) is 35.9 Å². The Morgan fingerprint density at radius 1 is 1.05 bits per heavy atom. The Morgan fingerprint density at radius 2 is 1.73 bits per heavy atom.